The van der Waals surface area contributed by atoms with E-state index in [1.54, 1.807) is 24.3 Å². The molecule has 0 aliphatic rings. The van der Waals surface area contributed by atoms with Crippen LogP contribution in [0.15, 0.2) is 41.5 Å². The quantitative estimate of drug-likeness (QED) is 0.540. The van der Waals surface area contributed by atoms with Crippen LogP contribution in [0.4, 0.5) is 5.69 Å². The van der Waals surface area contributed by atoms with E-state index >= 15 is 0 Å². The molecular weight excluding hydrogens is 346 g/mol. The van der Waals surface area contributed by atoms with Gasteiger partial charge < -0.3 is 20.0 Å². The van der Waals surface area contributed by atoms with Crippen molar-refractivity contribution < 1.29 is 19.4 Å². The average Bonchev–Trinajstić information content (AvgIpc) is 2.60. The van der Waals surface area contributed by atoms with Gasteiger partial charge in [0.15, 0.2) is 0 Å². The molecule has 7 nitrogen and oxygen atoms in total. The number of carbonyl (C=O) groups excluding carboxylic acids is 2. The minimum atomic E-state index is -1.32. The van der Waals surface area contributed by atoms with Gasteiger partial charge in [-0.15, -0.1) is 0 Å². The normalized spacial score (nSPS) is 10.6. The van der Waals surface area contributed by atoms with E-state index in [0.29, 0.717) is 11.3 Å². The molecule has 0 saturated heterocycles. The first-order chi connectivity index (χ1) is 12.9. The van der Waals surface area contributed by atoms with Crippen molar-refractivity contribution in [2.24, 2.45) is 5.10 Å². The number of carboxylic acids is 1. The molecule has 0 radical (unpaired) electrons. The van der Waals surface area contributed by atoms with Gasteiger partial charge in [-0.25, -0.2) is 5.43 Å². The Bertz CT molecular complexity index is 839. The van der Waals surface area contributed by atoms with Crippen molar-refractivity contribution in [3.8, 4) is 5.75 Å². The summed E-state index contributed by atoms with van der Waals surface area (Å²) in [5, 5.41) is 17.5. The van der Waals surface area contributed by atoms with Gasteiger partial charge in [0, 0.05) is 11.3 Å². The lowest BCUT2D eigenvalue weighted by Crippen LogP contribution is -2.29. The van der Waals surface area contributed by atoms with E-state index < -0.39 is 12.6 Å². The lowest BCUT2D eigenvalue weighted by Gasteiger charge is -2.13. The van der Waals surface area contributed by atoms with Crippen LogP contribution in [0.5, 0.6) is 5.75 Å². The molecule has 0 fully saturated rings. The summed E-state index contributed by atoms with van der Waals surface area (Å²) in [6.45, 7) is 5.52. The topological polar surface area (TPSA) is 103 Å². The summed E-state index contributed by atoms with van der Waals surface area (Å²) in [5.41, 5.74) is 7.21. The van der Waals surface area contributed by atoms with E-state index in [1.807, 2.05) is 20.8 Å². The molecule has 0 heterocycles. The molecule has 142 valence electrons. The Morgan fingerprint density at radius 3 is 2.48 bits per heavy atom. The molecule has 0 aliphatic carbocycles. The molecule has 2 N–H and O–H groups in total. The van der Waals surface area contributed by atoms with Crippen molar-refractivity contribution in [1.29, 1.82) is 0 Å². The van der Waals surface area contributed by atoms with Crippen LogP contribution in [0, 0.1) is 20.8 Å². The standard InChI is InChI=1S/C20H23N3O4/c1-13-8-14(2)20(15(3)9-13)21-11-18(24)23-22-10-16-6-4-5-7-17(16)27-12-19(25)26/h4-10,21H,11-12H2,1-3H3,(H,23,24)(H,25,26)/p-1/b22-10-. The van der Waals surface area contributed by atoms with Crippen molar-refractivity contribution in [1.82, 2.24) is 5.43 Å². The third kappa shape index (κ3) is 6.14. The number of aliphatic carboxylic acids is 1. The summed E-state index contributed by atoms with van der Waals surface area (Å²) in [6.07, 6.45) is 1.39. The molecule has 0 saturated carbocycles. The molecule has 0 atom stereocenters. The Balaban J connectivity index is 1.92. The first kappa shape index (κ1) is 20.0. The number of rotatable bonds is 8. The second-order valence-electron chi connectivity index (χ2n) is 6.12. The zero-order valence-electron chi connectivity index (χ0n) is 15.5. The zero-order chi connectivity index (χ0) is 19.8. The van der Waals surface area contributed by atoms with Gasteiger partial charge in [0.25, 0.3) is 5.91 Å². The molecular formula is C20H22N3O4-. The largest absolute Gasteiger partial charge is 0.546 e. The highest BCUT2D eigenvalue weighted by Gasteiger charge is 2.06. The molecule has 0 unspecified atom stereocenters. The highest BCUT2D eigenvalue weighted by molar-refractivity contribution is 5.86. The zero-order valence-corrected chi connectivity index (χ0v) is 15.5. The van der Waals surface area contributed by atoms with Gasteiger partial charge in [-0.2, -0.15) is 5.10 Å². The number of anilines is 1. The van der Waals surface area contributed by atoms with Gasteiger partial charge in [0.1, 0.15) is 12.4 Å². The number of hydrogen-bond donors (Lipinski definition) is 2. The number of nitrogens with zero attached hydrogens (tertiary/aromatic N) is 1. The van der Waals surface area contributed by atoms with Gasteiger partial charge in [0.2, 0.25) is 0 Å². The maximum Gasteiger partial charge on any atom is 0.259 e. The fourth-order valence-corrected chi connectivity index (χ4v) is 2.70. The van der Waals surface area contributed by atoms with Gasteiger partial charge in [-0.3, -0.25) is 4.79 Å². The van der Waals surface area contributed by atoms with E-state index in [0.717, 1.165) is 16.8 Å². The summed E-state index contributed by atoms with van der Waals surface area (Å²) in [6, 6.07) is 10.9. The third-order valence-electron chi connectivity index (χ3n) is 3.76. The summed E-state index contributed by atoms with van der Waals surface area (Å²) in [4.78, 5) is 22.5. The molecule has 2 aromatic rings. The van der Waals surface area contributed by atoms with Crippen molar-refractivity contribution in [2.75, 3.05) is 18.5 Å². The van der Waals surface area contributed by atoms with E-state index in [-0.39, 0.29) is 12.5 Å². The lowest BCUT2D eigenvalue weighted by molar-refractivity contribution is -0.307. The molecule has 0 spiro atoms. The van der Waals surface area contributed by atoms with E-state index in [4.69, 9.17) is 4.74 Å². The monoisotopic (exact) mass is 368 g/mol. The second kappa shape index (κ2) is 9.38. The molecule has 7 heteroatoms. The molecule has 2 rings (SSSR count). The summed E-state index contributed by atoms with van der Waals surface area (Å²) < 4.78 is 5.12. The number of hydrogen-bond acceptors (Lipinski definition) is 6. The Labute approximate surface area is 158 Å². The number of ether oxygens (including phenoxy) is 1. The second-order valence-corrected chi connectivity index (χ2v) is 6.12. The number of benzene rings is 2. The molecule has 27 heavy (non-hydrogen) atoms. The van der Waals surface area contributed by atoms with Crippen LogP contribution < -0.4 is 20.6 Å². The van der Waals surface area contributed by atoms with Crippen LogP contribution in [0.3, 0.4) is 0 Å². The summed E-state index contributed by atoms with van der Waals surface area (Å²) in [7, 11) is 0. The first-order valence-electron chi connectivity index (χ1n) is 8.42. The van der Waals surface area contributed by atoms with Crippen LogP contribution in [0.1, 0.15) is 22.3 Å². The van der Waals surface area contributed by atoms with Crippen molar-refractivity contribution in [2.45, 2.75) is 20.8 Å². The van der Waals surface area contributed by atoms with E-state index in [2.05, 4.69) is 28.0 Å². The molecule has 0 aliphatic heterocycles. The highest BCUT2D eigenvalue weighted by Crippen LogP contribution is 2.21. The SMILES string of the molecule is Cc1cc(C)c(NCC(=O)N/N=C\c2ccccc2OCC(=O)[O-])c(C)c1. The maximum atomic E-state index is 12.0. The Kier molecular flexibility index (Phi) is 6.93. The molecule has 2 aromatic carbocycles. The van der Waals surface area contributed by atoms with Crippen molar-refractivity contribution >= 4 is 23.8 Å². The average molecular weight is 368 g/mol. The highest BCUT2D eigenvalue weighted by atomic mass is 16.5. The maximum absolute atomic E-state index is 12.0. The number of carbonyl (C=O) groups is 2. The molecule has 0 aromatic heterocycles. The number of carboxylic acid groups (broad SMARTS) is 1. The van der Waals surface area contributed by atoms with Crippen LogP contribution in [0.25, 0.3) is 0 Å². The number of para-hydroxylation sites is 1. The predicted molar refractivity (Wildman–Crippen MR) is 102 cm³/mol. The van der Waals surface area contributed by atoms with Crippen LogP contribution in [-0.2, 0) is 9.59 Å². The van der Waals surface area contributed by atoms with Gasteiger partial charge in [-0.05, 0) is 44.0 Å². The van der Waals surface area contributed by atoms with Crippen molar-refractivity contribution in [3.05, 3.63) is 58.7 Å². The summed E-state index contributed by atoms with van der Waals surface area (Å²) in [5.74, 6) is -1.29. The van der Waals surface area contributed by atoms with Crippen LogP contribution in [-0.4, -0.2) is 31.2 Å². The Morgan fingerprint density at radius 1 is 1.15 bits per heavy atom. The van der Waals surface area contributed by atoms with Gasteiger partial charge in [0.05, 0.1) is 18.7 Å². The fraction of sp³-hybridized carbons (Fsp3) is 0.250. The number of nitrogens with one attached hydrogen (secondary N) is 2. The number of hydrazone groups is 1. The Morgan fingerprint density at radius 2 is 1.81 bits per heavy atom. The van der Waals surface area contributed by atoms with E-state index in [9.17, 15) is 14.7 Å². The van der Waals surface area contributed by atoms with Gasteiger partial charge >= 0.3 is 0 Å². The molecule has 1 amide bonds. The minimum absolute atomic E-state index is 0.0743. The van der Waals surface area contributed by atoms with Crippen LogP contribution in [0.2, 0.25) is 0 Å². The smallest absolute Gasteiger partial charge is 0.259 e. The number of aryl methyl sites for hydroxylation is 3. The number of amides is 1. The fourth-order valence-electron chi connectivity index (χ4n) is 2.70. The van der Waals surface area contributed by atoms with Gasteiger partial charge in [-0.1, -0.05) is 29.8 Å². The lowest BCUT2D eigenvalue weighted by atomic mass is 10.1. The van der Waals surface area contributed by atoms with Crippen LogP contribution >= 0.6 is 0 Å². The van der Waals surface area contributed by atoms with Crippen molar-refractivity contribution in [3.63, 3.8) is 0 Å². The van der Waals surface area contributed by atoms with E-state index in [1.165, 1.54) is 11.8 Å². The third-order valence-corrected chi connectivity index (χ3v) is 3.76. The summed E-state index contributed by atoms with van der Waals surface area (Å²) >= 11 is 0. The minimum Gasteiger partial charge on any atom is -0.546 e. The predicted octanol–water partition coefficient (Wildman–Crippen LogP) is 1.30. The Hall–Kier alpha value is -3.35. The molecule has 0 bridgehead atoms. The first-order valence-corrected chi connectivity index (χ1v) is 8.42.